The molecule has 0 radical (unpaired) electrons. The summed E-state index contributed by atoms with van der Waals surface area (Å²) in [5, 5.41) is 0. The molecule has 0 spiro atoms. The van der Waals surface area contributed by atoms with Crippen molar-refractivity contribution >= 4 is 0 Å². The zero-order valence-corrected chi connectivity index (χ0v) is 8.18. The Morgan fingerprint density at radius 1 is 1.42 bits per heavy atom. The van der Waals surface area contributed by atoms with E-state index < -0.39 is 0 Å². The van der Waals surface area contributed by atoms with Crippen LogP contribution in [0.4, 0.5) is 0 Å². The molecule has 12 heavy (non-hydrogen) atoms. The van der Waals surface area contributed by atoms with Crippen molar-refractivity contribution < 1.29 is 4.74 Å². The molecule has 0 saturated carbocycles. The summed E-state index contributed by atoms with van der Waals surface area (Å²) in [6, 6.07) is 0.855. The summed E-state index contributed by atoms with van der Waals surface area (Å²) < 4.78 is 5.33. The second kappa shape index (κ2) is 3.00. The lowest BCUT2D eigenvalue weighted by Crippen LogP contribution is -2.50. The van der Waals surface area contributed by atoms with Crippen LogP contribution in [0.1, 0.15) is 32.1 Å². The number of piperidine rings is 1. The Bertz CT molecular complexity index is 162. The number of fused-ring (bicyclic) bond motifs is 2. The normalized spacial score (nSPS) is 42.0. The predicted octanol–water partition coefficient (Wildman–Crippen LogP) is 1.65. The highest BCUT2D eigenvalue weighted by molar-refractivity contribution is 5.02. The monoisotopic (exact) mass is 169 g/mol. The van der Waals surface area contributed by atoms with E-state index in [9.17, 15) is 0 Å². The Balaban J connectivity index is 2.12. The van der Waals surface area contributed by atoms with E-state index in [0.717, 1.165) is 12.6 Å². The minimum absolute atomic E-state index is 0.414. The highest BCUT2D eigenvalue weighted by Crippen LogP contribution is 2.42. The van der Waals surface area contributed by atoms with Gasteiger partial charge in [-0.05, 0) is 39.2 Å². The number of hydrogen-bond donors (Lipinski definition) is 0. The maximum atomic E-state index is 5.33. The van der Waals surface area contributed by atoms with Crippen LogP contribution in [0.2, 0.25) is 0 Å². The van der Waals surface area contributed by atoms with E-state index in [-0.39, 0.29) is 0 Å². The topological polar surface area (TPSA) is 12.5 Å². The van der Waals surface area contributed by atoms with Crippen LogP contribution in [-0.2, 0) is 4.74 Å². The second-order valence-electron chi connectivity index (χ2n) is 4.35. The quantitative estimate of drug-likeness (QED) is 0.623. The first-order chi connectivity index (χ1) is 5.78. The first-order valence-corrected chi connectivity index (χ1v) is 5.00. The molecule has 2 bridgehead atoms. The van der Waals surface area contributed by atoms with Gasteiger partial charge in [0.15, 0.2) is 0 Å². The molecule has 0 N–H and O–H groups in total. The van der Waals surface area contributed by atoms with E-state index in [1.165, 1.54) is 32.1 Å². The van der Waals surface area contributed by atoms with Crippen LogP contribution in [0.5, 0.6) is 0 Å². The molecule has 0 aliphatic carbocycles. The summed E-state index contributed by atoms with van der Waals surface area (Å²) in [7, 11) is 4.10. The van der Waals surface area contributed by atoms with Crippen molar-refractivity contribution in [3.05, 3.63) is 0 Å². The number of hydrogen-bond acceptors (Lipinski definition) is 2. The maximum Gasteiger partial charge on any atom is 0.0646 e. The lowest BCUT2D eigenvalue weighted by atomic mass is 9.90. The molecule has 2 aliphatic heterocycles. The molecule has 2 atom stereocenters. The highest BCUT2D eigenvalue weighted by Gasteiger charge is 2.46. The van der Waals surface area contributed by atoms with Crippen LogP contribution >= 0.6 is 0 Å². The van der Waals surface area contributed by atoms with Crippen molar-refractivity contribution in [1.82, 2.24) is 4.90 Å². The Morgan fingerprint density at radius 3 is 3.00 bits per heavy atom. The smallest absolute Gasteiger partial charge is 0.0646 e. The number of nitrogens with zero attached hydrogens (tertiary/aromatic N) is 1. The molecule has 2 aliphatic rings. The van der Waals surface area contributed by atoms with E-state index >= 15 is 0 Å². The third kappa shape index (κ3) is 1.09. The summed E-state index contributed by atoms with van der Waals surface area (Å²) in [4.78, 5) is 2.57. The summed E-state index contributed by atoms with van der Waals surface area (Å²) in [6.45, 7) is 0.931. The first-order valence-electron chi connectivity index (χ1n) is 5.00. The van der Waals surface area contributed by atoms with Gasteiger partial charge in [0.2, 0.25) is 0 Å². The molecule has 2 fully saturated rings. The van der Waals surface area contributed by atoms with Gasteiger partial charge >= 0.3 is 0 Å². The SMILES string of the molecule is COCC12CCCC(CC1)N2C. The van der Waals surface area contributed by atoms with Gasteiger partial charge in [-0.1, -0.05) is 0 Å². The van der Waals surface area contributed by atoms with E-state index in [2.05, 4.69) is 11.9 Å². The second-order valence-corrected chi connectivity index (χ2v) is 4.35. The van der Waals surface area contributed by atoms with Gasteiger partial charge in [0.05, 0.1) is 6.61 Å². The molecular weight excluding hydrogens is 150 g/mol. The van der Waals surface area contributed by atoms with E-state index in [0.29, 0.717) is 5.54 Å². The maximum absolute atomic E-state index is 5.33. The first kappa shape index (κ1) is 8.52. The molecule has 2 rings (SSSR count). The summed E-state index contributed by atoms with van der Waals surface area (Å²) in [6.07, 6.45) is 6.88. The molecular formula is C10H19NO. The number of rotatable bonds is 2. The van der Waals surface area contributed by atoms with Gasteiger partial charge in [-0.2, -0.15) is 0 Å². The lowest BCUT2D eigenvalue weighted by Gasteiger charge is -2.42. The minimum atomic E-state index is 0.414. The minimum Gasteiger partial charge on any atom is -0.383 e. The Labute approximate surface area is 74.9 Å². The molecule has 2 nitrogen and oxygen atoms in total. The van der Waals surface area contributed by atoms with Crippen molar-refractivity contribution in [1.29, 1.82) is 0 Å². The molecule has 2 heteroatoms. The third-order valence-electron chi connectivity index (χ3n) is 3.83. The summed E-state index contributed by atoms with van der Waals surface area (Å²) >= 11 is 0. The van der Waals surface area contributed by atoms with Gasteiger partial charge in [0.25, 0.3) is 0 Å². The number of likely N-dealkylation sites (N-methyl/N-ethyl adjacent to an activating group) is 1. The van der Waals surface area contributed by atoms with Crippen LogP contribution in [0, 0.1) is 0 Å². The molecule has 2 saturated heterocycles. The average Bonchev–Trinajstić information content (AvgIpc) is 2.30. The Hall–Kier alpha value is -0.0800. The molecule has 70 valence electrons. The van der Waals surface area contributed by atoms with Gasteiger partial charge in [-0.3, -0.25) is 4.90 Å². The van der Waals surface area contributed by atoms with Crippen LogP contribution in [-0.4, -0.2) is 37.2 Å². The largest absolute Gasteiger partial charge is 0.383 e. The van der Waals surface area contributed by atoms with Crippen LogP contribution in [0.15, 0.2) is 0 Å². The summed E-state index contributed by atoms with van der Waals surface area (Å²) in [5.74, 6) is 0. The van der Waals surface area contributed by atoms with Crippen molar-refractivity contribution in [3.8, 4) is 0 Å². The van der Waals surface area contributed by atoms with Gasteiger partial charge in [-0.15, -0.1) is 0 Å². The van der Waals surface area contributed by atoms with Gasteiger partial charge in [0.1, 0.15) is 0 Å². The molecule has 0 aromatic heterocycles. The van der Waals surface area contributed by atoms with Crippen molar-refractivity contribution in [3.63, 3.8) is 0 Å². The van der Waals surface area contributed by atoms with E-state index in [1.54, 1.807) is 0 Å². The van der Waals surface area contributed by atoms with E-state index in [1.807, 2.05) is 7.11 Å². The van der Waals surface area contributed by atoms with E-state index in [4.69, 9.17) is 4.74 Å². The molecule has 0 aromatic carbocycles. The standard InChI is InChI=1S/C10H19NO/c1-11-9-4-3-6-10(11,7-5-9)8-12-2/h9H,3-8H2,1-2H3. The van der Waals surface area contributed by atoms with Crippen LogP contribution < -0.4 is 0 Å². The molecule has 0 aromatic rings. The van der Waals surface area contributed by atoms with Gasteiger partial charge in [-0.25, -0.2) is 0 Å². The number of methoxy groups -OCH3 is 1. The fourth-order valence-corrected chi connectivity index (χ4v) is 3.01. The Morgan fingerprint density at radius 2 is 2.25 bits per heavy atom. The van der Waals surface area contributed by atoms with Crippen molar-refractivity contribution in [2.24, 2.45) is 0 Å². The highest BCUT2D eigenvalue weighted by atomic mass is 16.5. The van der Waals surface area contributed by atoms with Crippen molar-refractivity contribution in [2.45, 2.75) is 43.7 Å². The fraction of sp³-hybridized carbons (Fsp3) is 1.00. The third-order valence-corrected chi connectivity index (χ3v) is 3.83. The zero-order valence-electron chi connectivity index (χ0n) is 8.18. The van der Waals surface area contributed by atoms with Crippen molar-refractivity contribution in [2.75, 3.05) is 20.8 Å². The molecule has 2 unspecified atom stereocenters. The van der Waals surface area contributed by atoms with Gasteiger partial charge in [0, 0.05) is 18.7 Å². The molecule has 2 heterocycles. The predicted molar refractivity (Wildman–Crippen MR) is 49.2 cm³/mol. The summed E-state index contributed by atoms with van der Waals surface area (Å²) in [5.41, 5.74) is 0.414. The average molecular weight is 169 g/mol. The fourth-order valence-electron chi connectivity index (χ4n) is 3.01. The number of ether oxygens (including phenoxy) is 1. The molecule has 0 amide bonds. The van der Waals surface area contributed by atoms with Crippen LogP contribution in [0.3, 0.4) is 0 Å². The lowest BCUT2D eigenvalue weighted by molar-refractivity contribution is 0.00956. The Kier molecular flexibility index (Phi) is 2.13. The van der Waals surface area contributed by atoms with Crippen LogP contribution in [0.25, 0.3) is 0 Å². The zero-order chi connectivity index (χ0) is 8.60. The van der Waals surface area contributed by atoms with Gasteiger partial charge < -0.3 is 4.74 Å².